The van der Waals surface area contributed by atoms with E-state index in [1.165, 1.54) is 6.07 Å². The van der Waals surface area contributed by atoms with Crippen LogP contribution < -0.4 is 5.32 Å². The van der Waals surface area contributed by atoms with Crippen molar-refractivity contribution in [2.75, 3.05) is 5.32 Å². The number of non-ortho nitro benzene ring substituents is 1. The number of benzene rings is 1. The van der Waals surface area contributed by atoms with Gasteiger partial charge in [-0.15, -0.1) is 0 Å². The van der Waals surface area contributed by atoms with Crippen molar-refractivity contribution >= 4 is 16.9 Å². The van der Waals surface area contributed by atoms with Crippen molar-refractivity contribution in [1.29, 1.82) is 0 Å². The maximum absolute atomic E-state index is 10.7. The van der Waals surface area contributed by atoms with Gasteiger partial charge in [0.25, 0.3) is 5.69 Å². The van der Waals surface area contributed by atoms with Gasteiger partial charge in [-0.3, -0.25) is 10.1 Å². The van der Waals surface area contributed by atoms with Gasteiger partial charge < -0.3 is 5.32 Å². The molecule has 1 N–H and O–H groups in total. The molecule has 0 atom stereocenters. The van der Waals surface area contributed by atoms with Crippen molar-refractivity contribution in [1.82, 2.24) is 9.61 Å². The summed E-state index contributed by atoms with van der Waals surface area (Å²) in [6, 6.07) is 10.7. The maximum atomic E-state index is 10.7. The van der Waals surface area contributed by atoms with E-state index in [0.29, 0.717) is 6.54 Å². The maximum Gasteiger partial charge on any atom is 0.269 e. The molecule has 0 saturated carbocycles. The standard InChI is InChI=1S/C15H14N4O2/c1-11-8-13(19(20)21)5-6-14(11)16-9-12-10-17-18-7-3-2-4-15(12)18/h2-8,10,16H,9H2,1H3. The van der Waals surface area contributed by atoms with E-state index in [0.717, 1.165) is 22.3 Å². The molecule has 0 spiro atoms. The zero-order valence-electron chi connectivity index (χ0n) is 11.5. The fraction of sp³-hybridized carbons (Fsp3) is 0.133. The SMILES string of the molecule is Cc1cc([N+](=O)[O-])ccc1NCc1cnn2ccccc12. The van der Waals surface area contributed by atoms with Crippen LogP contribution in [0.5, 0.6) is 0 Å². The molecular weight excluding hydrogens is 268 g/mol. The molecule has 0 radical (unpaired) electrons. The number of anilines is 1. The number of rotatable bonds is 4. The molecule has 2 aromatic heterocycles. The van der Waals surface area contributed by atoms with Gasteiger partial charge in [-0.25, -0.2) is 4.52 Å². The van der Waals surface area contributed by atoms with Gasteiger partial charge in [0.2, 0.25) is 0 Å². The van der Waals surface area contributed by atoms with Crippen LogP contribution in [0.2, 0.25) is 0 Å². The van der Waals surface area contributed by atoms with Crippen molar-refractivity contribution in [3.63, 3.8) is 0 Å². The molecule has 0 unspecified atom stereocenters. The summed E-state index contributed by atoms with van der Waals surface area (Å²) < 4.78 is 1.82. The van der Waals surface area contributed by atoms with E-state index < -0.39 is 0 Å². The van der Waals surface area contributed by atoms with E-state index in [1.54, 1.807) is 12.1 Å². The predicted molar refractivity (Wildman–Crippen MR) is 80.4 cm³/mol. The van der Waals surface area contributed by atoms with Crippen molar-refractivity contribution < 1.29 is 4.92 Å². The minimum Gasteiger partial charge on any atom is -0.381 e. The van der Waals surface area contributed by atoms with Crippen molar-refractivity contribution in [3.8, 4) is 0 Å². The zero-order chi connectivity index (χ0) is 14.8. The van der Waals surface area contributed by atoms with E-state index in [2.05, 4.69) is 10.4 Å². The van der Waals surface area contributed by atoms with Crippen molar-refractivity contribution in [2.24, 2.45) is 0 Å². The number of pyridine rings is 1. The Balaban J connectivity index is 1.80. The third-order valence-corrected chi connectivity index (χ3v) is 3.40. The lowest BCUT2D eigenvalue weighted by atomic mass is 10.1. The lowest BCUT2D eigenvalue weighted by molar-refractivity contribution is -0.384. The van der Waals surface area contributed by atoms with E-state index in [9.17, 15) is 10.1 Å². The molecule has 1 aromatic carbocycles. The Bertz CT molecular complexity index is 810. The highest BCUT2D eigenvalue weighted by Crippen LogP contribution is 2.22. The van der Waals surface area contributed by atoms with E-state index in [4.69, 9.17) is 0 Å². The summed E-state index contributed by atoms with van der Waals surface area (Å²) in [5.74, 6) is 0. The second-order valence-corrected chi connectivity index (χ2v) is 4.81. The molecule has 3 rings (SSSR count). The van der Waals surface area contributed by atoms with Gasteiger partial charge in [-0.2, -0.15) is 5.10 Å². The fourth-order valence-corrected chi connectivity index (χ4v) is 2.27. The molecule has 0 aliphatic heterocycles. The number of hydrogen-bond acceptors (Lipinski definition) is 4. The Morgan fingerprint density at radius 1 is 1.33 bits per heavy atom. The van der Waals surface area contributed by atoms with Gasteiger partial charge in [0.05, 0.1) is 16.6 Å². The van der Waals surface area contributed by atoms with Gasteiger partial charge in [0, 0.05) is 36.1 Å². The number of hydrogen-bond donors (Lipinski definition) is 1. The molecule has 0 aliphatic carbocycles. The first-order chi connectivity index (χ1) is 10.1. The summed E-state index contributed by atoms with van der Waals surface area (Å²) in [5, 5.41) is 18.3. The molecule has 106 valence electrons. The van der Waals surface area contributed by atoms with Crippen LogP contribution >= 0.6 is 0 Å². The van der Waals surface area contributed by atoms with Crippen LogP contribution in [0.15, 0.2) is 48.8 Å². The molecule has 21 heavy (non-hydrogen) atoms. The number of aromatic nitrogens is 2. The van der Waals surface area contributed by atoms with Crippen LogP contribution in [0.1, 0.15) is 11.1 Å². The average Bonchev–Trinajstić information content (AvgIpc) is 2.89. The largest absolute Gasteiger partial charge is 0.381 e. The third kappa shape index (κ3) is 2.55. The molecular formula is C15H14N4O2. The molecule has 0 aliphatic rings. The zero-order valence-corrected chi connectivity index (χ0v) is 11.5. The highest BCUT2D eigenvalue weighted by molar-refractivity contribution is 5.58. The first-order valence-corrected chi connectivity index (χ1v) is 6.55. The molecule has 0 fully saturated rings. The summed E-state index contributed by atoms with van der Waals surface area (Å²) in [4.78, 5) is 10.3. The Labute approximate surface area is 121 Å². The van der Waals surface area contributed by atoms with Crippen LogP contribution in [-0.2, 0) is 6.54 Å². The monoisotopic (exact) mass is 282 g/mol. The number of nitro groups is 1. The normalized spacial score (nSPS) is 10.7. The second-order valence-electron chi connectivity index (χ2n) is 4.81. The molecule has 6 nitrogen and oxygen atoms in total. The van der Waals surface area contributed by atoms with Crippen LogP contribution in [0, 0.1) is 17.0 Å². The second kappa shape index (κ2) is 5.24. The van der Waals surface area contributed by atoms with Gasteiger partial charge in [-0.1, -0.05) is 6.07 Å². The van der Waals surface area contributed by atoms with E-state index in [-0.39, 0.29) is 10.6 Å². The summed E-state index contributed by atoms with van der Waals surface area (Å²) in [6.45, 7) is 2.47. The topological polar surface area (TPSA) is 72.5 Å². The first kappa shape index (κ1) is 13.1. The molecule has 0 bridgehead atoms. The van der Waals surface area contributed by atoms with Crippen LogP contribution in [0.4, 0.5) is 11.4 Å². The summed E-state index contributed by atoms with van der Waals surface area (Å²) in [6.07, 6.45) is 3.72. The average molecular weight is 282 g/mol. The minimum atomic E-state index is -0.387. The van der Waals surface area contributed by atoms with Crippen LogP contribution in [-0.4, -0.2) is 14.5 Å². The number of fused-ring (bicyclic) bond motifs is 1. The lowest BCUT2D eigenvalue weighted by Crippen LogP contribution is -2.01. The molecule has 2 heterocycles. The lowest BCUT2D eigenvalue weighted by Gasteiger charge is -2.08. The highest BCUT2D eigenvalue weighted by Gasteiger charge is 2.08. The Morgan fingerprint density at radius 2 is 2.19 bits per heavy atom. The smallest absolute Gasteiger partial charge is 0.269 e. The Morgan fingerprint density at radius 3 is 2.95 bits per heavy atom. The predicted octanol–water partition coefficient (Wildman–Crippen LogP) is 3.16. The van der Waals surface area contributed by atoms with E-state index >= 15 is 0 Å². The number of nitrogens with zero attached hydrogens (tertiary/aromatic N) is 3. The summed E-state index contributed by atoms with van der Waals surface area (Å²) in [5.41, 5.74) is 3.96. The van der Waals surface area contributed by atoms with E-state index in [1.807, 2.05) is 42.0 Å². The highest BCUT2D eigenvalue weighted by atomic mass is 16.6. The molecule has 6 heteroatoms. The third-order valence-electron chi connectivity index (χ3n) is 3.40. The van der Waals surface area contributed by atoms with Gasteiger partial charge in [-0.05, 0) is 30.7 Å². The molecule has 3 aromatic rings. The number of aryl methyl sites for hydroxylation is 1. The quantitative estimate of drug-likeness (QED) is 0.589. The Hall–Kier alpha value is -2.89. The minimum absolute atomic E-state index is 0.106. The first-order valence-electron chi connectivity index (χ1n) is 6.55. The van der Waals surface area contributed by atoms with Crippen LogP contribution in [0.25, 0.3) is 5.52 Å². The number of nitro benzene ring substituents is 1. The van der Waals surface area contributed by atoms with Gasteiger partial charge in [0.1, 0.15) is 0 Å². The van der Waals surface area contributed by atoms with Crippen molar-refractivity contribution in [2.45, 2.75) is 13.5 Å². The van der Waals surface area contributed by atoms with Gasteiger partial charge in [0.15, 0.2) is 0 Å². The summed E-state index contributed by atoms with van der Waals surface area (Å²) in [7, 11) is 0. The molecule has 0 amide bonds. The molecule has 0 saturated heterocycles. The van der Waals surface area contributed by atoms with Gasteiger partial charge >= 0.3 is 0 Å². The summed E-state index contributed by atoms with van der Waals surface area (Å²) >= 11 is 0. The van der Waals surface area contributed by atoms with Crippen molar-refractivity contribution in [3.05, 3.63) is 70.0 Å². The Kier molecular flexibility index (Phi) is 3.27. The number of nitrogens with one attached hydrogen (secondary N) is 1. The fourth-order valence-electron chi connectivity index (χ4n) is 2.27. The van der Waals surface area contributed by atoms with Crippen LogP contribution in [0.3, 0.4) is 0 Å².